The Morgan fingerprint density at radius 1 is 1.58 bits per heavy atom. The van der Waals surface area contributed by atoms with Crippen LogP contribution in [0.1, 0.15) is 25.6 Å². The minimum absolute atomic E-state index is 0.113. The maximum absolute atomic E-state index is 9.21. The van der Waals surface area contributed by atoms with Crippen molar-refractivity contribution in [2.24, 2.45) is 0 Å². The molecule has 0 aliphatic heterocycles. The lowest BCUT2D eigenvalue weighted by atomic mass is 10.2. The summed E-state index contributed by atoms with van der Waals surface area (Å²) < 4.78 is 1.54. The van der Waals surface area contributed by atoms with Crippen LogP contribution in [0.4, 0.5) is 0 Å². The van der Waals surface area contributed by atoms with Gasteiger partial charge in [0.15, 0.2) is 0 Å². The summed E-state index contributed by atoms with van der Waals surface area (Å²) in [5, 5.41) is 25.3. The van der Waals surface area contributed by atoms with Crippen molar-refractivity contribution < 1.29 is 10.2 Å². The first-order chi connectivity index (χ1) is 5.65. The fourth-order valence-electron chi connectivity index (χ4n) is 0.806. The minimum Gasteiger partial charge on any atom is -0.391 e. The third-order valence-corrected chi connectivity index (χ3v) is 1.84. The Hall–Kier alpha value is -0.940. The molecule has 68 valence electrons. The molecule has 0 saturated carbocycles. The van der Waals surface area contributed by atoms with Gasteiger partial charge < -0.3 is 10.2 Å². The summed E-state index contributed by atoms with van der Waals surface area (Å²) in [6.45, 7) is 3.40. The summed E-state index contributed by atoms with van der Waals surface area (Å²) in [7, 11) is 0. The van der Waals surface area contributed by atoms with Crippen LogP contribution in [0.2, 0.25) is 0 Å². The number of aliphatic hydroxyl groups excluding tert-OH is 2. The first-order valence-corrected chi connectivity index (χ1v) is 3.84. The van der Waals surface area contributed by atoms with Gasteiger partial charge in [-0.05, 0) is 13.8 Å². The average Bonchev–Trinajstić information content (AvgIpc) is 2.50. The molecule has 5 heteroatoms. The van der Waals surface area contributed by atoms with E-state index in [9.17, 15) is 5.11 Å². The highest BCUT2D eigenvalue weighted by atomic mass is 16.3. The van der Waals surface area contributed by atoms with E-state index in [-0.39, 0.29) is 12.6 Å². The van der Waals surface area contributed by atoms with Crippen LogP contribution in [0.25, 0.3) is 0 Å². The predicted octanol–water partition coefficient (Wildman–Crippen LogP) is -0.288. The summed E-state index contributed by atoms with van der Waals surface area (Å²) in [6.07, 6.45) is 1.15. The quantitative estimate of drug-likeness (QED) is 0.655. The molecule has 0 fully saturated rings. The molecule has 0 amide bonds. The first kappa shape index (κ1) is 9.15. The molecule has 0 spiro atoms. The van der Waals surface area contributed by atoms with Crippen LogP contribution in [0.5, 0.6) is 0 Å². The molecule has 2 unspecified atom stereocenters. The molecule has 2 atom stereocenters. The summed E-state index contributed by atoms with van der Waals surface area (Å²) >= 11 is 0. The zero-order chi connectivity index (χ0) is 9.14. The number of hydrogen-bond acceptors (Lipinski definition) is 4. The Labute approximate surface area is 70.6 Å². The monoisotopic (exact) mass is 171 g/mol. The SMILES string of the molecule is CC(O)C(C)n1cc(CO)nn1. The van der Waals surface area contributed by atoms with Crippen LogP contribution in [0.3, 0.4) is 0 Å². The molecule has 2 N–H and O–H groups in total. The molecule has 0 bridgehead atoms. The largest absolute Gasteiger partial charge is 0.391 e. The lowest BCUT2D eigenvalue weighted by Gasteiger charge is -2.13. The predicted molar refractivity (Wildman–Crippen MR) is 42.3 cm³/mol. The van der Waals surface area contributed by atoms with E-state index in [1.165, 1.54) is 4.68 Å². The molecule has 1 aromatic rings. The smallest absolute Gasteiger partial charge is 0.108 e. The number of aliphatic hydroxyl groups is 2. The van der Waals surface area contributed by atoms with Crippen molar-refractivity contribution in [1.82, 2.24) is 15.0 Å². The third-order valence-electron chi connectivity index (χ3n) is 1.84. The van der Waals surface area contributed by atoms with E-state index < -0.39 is 6.10 Å². The van der Waals surface area contributed by atoms with Gasteiger partial charge in [0.2, 0.25) is 0 Å². The molecule has 1 heterocycles. The molecular formula is C7H13N3O2. The standard InChI is InChI=1S/C7H13N3O2/c1-5(6(2)12)10-3-7(4-11)8-9-10/h3,5-6,11-12H,4H2,1-2H3. The highest BCUT2D eigenvalue weighted by Gasteiger charge is 2.12. The highest BCUT2D eigenvalue weighted by molar-refractivity contribution is 4.90. The third kappa shape index (κ3) is 1.80. The van der Waals surface area contributed by atoms with Crippen molar-refractivity contribution in [2.45, 2.75) is 32.6 Å². The van der Waals surface area contributed by atoms with Gasteiger partial charge >= 0.3 is 0 Å². The van der Waals surface area contributed by atoms with Gasteiger partial charge in [0, 0.05) is 0 Å². The number of rotatable bonds is 3. The van der Waals surface area contributed by atoms with E-state index in [1.807, 2.05) is 6.92 Å². The van der Waals surface area contributed by atoms with Crippen molar-refractivity contribution in [3.63, 3.8) is 0 Å². The normalized spacial score (nSPS) is 16.0. The van der Waals surface area contributed by atoms with Crippen LogP contribution in [-0.2, 0) is 6.61 Å². The fraction of sp³-hybridized carbons (Fsp3) is 0.714. The molecule has 5 nitrogen and oxygen atoms in total. The van der Waals surface area contributed by atoms with E-state index in [2.05, 4.69) is 10.3 Å². The van der Waals surface area contributed by atoms with Crippen LogP contribution < -0.4 is 0 Å². The van der Waals surface area contributed by atoms with E-state index >= 15 is 0 Å². The summed E-state index contributed by atoms with van der Waals surface area (Å²) in [4.78, 5) is 0. The van der Waals surface area contributed by atoms with Crippen LogP contribution in [-0.4, -0.2) is 31.3 Å². The molecular weight excluding hydrogens is 158 g/mol. The van der Waals surface area contributed by atoms with Gasteiger partial charge in [-0.2, -0.15) is 0 Å². The second kappa shape index (κ2) is 3.64. The number of aromatic nitrogens is 3. The van der Waals surface area contributed by atoms with Gasteiger partial charge in [0.1, 0.15) is 5.69 Å². The van der Waals surface area contributed by atoms with Crippen molar-refractivity contribution in [1.29, 1.82) is 0 Å². The Bertz CT molecular complexity index is 247. The number of nitrogens with zero attached hydrogens (tertiary/aromatic N) is 3. The maximum atomic E-state index is 9.21. The van der Waals surface area contributed by atoms with E-state index in [1.54, 1.807) is 13.1 Å². The average molecular weight is 171 g/mol. The summed E-state index contributed by atoms with van der Waals surface area (Å²) in [6, 6.07) is -0.113. The van der Waals surface area contributed by atoms with E-state index in [4.69, 9.17) is 5.11 Å². The Kier molecular flexibility index (Phi) is 2.78. The topological polar surface area (TPSA) is 71.2 Å². The molecule has 0 aliphatic rings. The summed E-state index contributed by atoms with van der Waals surface area (Å²) in [5.41, 5.74) is 0.516. The lowest BCUT2D eigenvalue weighted by molar-refractivity contribution is 0.131. The highest BCUT2D eigenvalue weighted by Crippen LogP contribution is 2.08. The Morgan fingerprint density at radius 3 is 2.67 bits per heavy atom. The van der Waals surface area contributed by atoms with E-state index in [0.717, 1.165) is 0 Å². The second-order valence-electron chi connectivity index (χ2n) is 2.83. The van der Waals surface area contributed by atoms with Gasteiger partial charge in [-0.15, -0.1) is 5.10 Å². The Balaban J connectivity index is 2.74. The fourth-order valence-corrected chi connectivity index (χ4v) is 0.806. The zero-order valence-corrected chi connectivity index (χ0v) is 7.18. The minimum atomic E-state index is -0.474. The second-order valence-corrected chi connectivity index (χ2v) is 2.83. The van der Waals surface area contributed by atoms with Crippen molar-refractivity contribution in [3.8, 4) is 0 Å². The first-order valence-electron chi connectivity index (χ1n) is 3.84. The summed E-state index contributed by atoms with van der Waals surface area (Å²) in [5.74, 6) is 0. The van der Waals surface area contributed by atoms with Crippen molar-refractivity contribution in [3.05, 3.63) is 11.9 Å². The van der Waals surface area contributed by atoms with Crippen LogP contribution in [0.15, 0.2) is 6.20 Å². The van der Waals surface area contributed by atoms with Crippen LogP contribution in [0, 0.1) is 0 Å². The lowest BCUT2D eigenvalue weighted by Crippen LogP contribution is -2.18. The number of hydrogen-bond donors (Lipinski definition) is 2. The molecule has 0 aromatic carbocycles. The van der Waals surface area contributed by atoms with Crippen molar-refractivity contribution in [2.75, 3.05) is 0 Å². The molecule has 0 aliphatic carbocycles. The molecule has 1 rings (SSSR count). The van der Waals surface area contributed by atoms with Gasteiger partial charge in [-0.25, -0.2) is 4.68 Å². The van der Waals surface area contributed by atoms with Gasteiger partial charge in [-0.3, -0.25) is 0 Å². The Morgan fingerprint density at radius 2 is 2.25 bits per heavy atom. The molecule has 1 aromatic heterocycles. The molecule has 0 saturated heterocycles. The van der Waals surface area contributed by atoms with Gasteiger partial charge in [0.05, 0.1) is 24.9 Å². The molecule has 0 radical (unpaired) electrons. The van der Waals surface area contributed by atoms with E-state index in [0.29, 0.717) is 5.69 Å². The maximum Gasteiger partial charge on any atom is 0.108 e. The van der Waals surface area contributed by atoms with Gasteiger partial charge in [0.25, 0.3) is 0 Å². The molecule has 12 heavy (non-hydrogen) atoms. The van der Waals surface area contributed by atoms with Crippen molar-refractivity contribution >= 4 is 0 Å². The zero-order valence-electron chi connectivity index (χ0n) is 7.18. The van der Waals surface area contributed by atoms with Gasteiger partial charge in [-0.1, -0.05) is 5.21 Å². The van der Waals surface area contributed by atoms with Crippen LogP contribution >= 0.6 is 0 Å².